The minimum Gasteiger partial charge on any atom is -0.457 e. The van der Waals surface area contributed by atoms with Crippen LogP contribution >= 0.6 is 31.9 Å². The van der Waals surface area contributed by atoms with Crippen LogP contribution in [0.3, 0.4) is 0 Å². The number of hydrogen-bond donors (Lipinski definition) is 0. The first-order valence-corrected chi connectivity index (χ1v) is 7.19. The van der Waals surface area contributed by atoms with Gasteiger partial charge in [-0.1, -0.05) is 37.9 Å². The lowest BCUT2D eigenvalue weighted by atomic mass is 10.1. The third-order valence-corrected chi connectivity index (χ3v) is 3.64. The van der Waals surface area contributed by atoms with Gasteiger partial charge in [0.2, 0.25) is 0 Å². The van der Waals surface area contributed by atoms with E-state index >= 15 is 0 Å². The lowest BCUT2D eigenvalue weighted by molar-refractivity contribution is 0.482. The Morgan fingerprint density at radius 1 is 1.00 bits per heavy atom. The van der Waals surface area contributed by atoms with Crippen LogP contribution in [0.15, 0.2) is 46.9 Å². The van der Waals surface area contributed by atoms with Gasteiger partial charge in [0.15, 0.2) is 0 Å². The van der Waals surface area contributed by atoms with E-state index in [0.29, 0.717) is 0 Å². The zero-order chi connectivity index (χ0) is 12.3. The second kappa shape index (κ2) is 5.69. The minimum atomic E-state index is 0.846. The number of alkyl halides is 1. The maximum Gasteiger partial charge on any atom is 0.127 e. The maximum atomic E-state index is 5.78. The second-order valence-electron chi connectivity index (χ2n) is 3.78. The summed E-state index contributed by atoms with van der Waals surface area (Å²) in [5.41, 5.74) is 2.52. The van der Waals surface area contributed by atoms with Crippen LogP contribution in [0.2, 0.25) is 0 Å². The van der Waals surface area contributed by atoms with Crippen molar-refractivity contribution in [3.05, 3.63) is 58.1 Å². The molecule has 0 saturated heterocycles. The van der Waals surface area contributed by atoms with Crippen molar-refractivity contribution in [2.75, 3.05) is 0 Å². The molecule has 1 nitrogen and oxygen atoms in total. The van der Waals surface area contributed by atoms with Crippen LogP contribution in [0.1, 0.15) is 11.1 Å². The molecule has 88 valence electrons. The molecule has 0 aromatic heterocycles. The number of ether oxygens (including phenoxy) is 1. The van der Waals surface area contributed by atoms with E-state index in [2.05, 4.69) is 50.9 Å². The zero-order valence-electron chi connectivity index (χ0n) is 9.41. The quantitative estimate of drug-likeness (QED) is 0.665. The molecule has 2 aromatic carbocycles. The number of halogens is 2. The molecule has 0 bridgehead atoms. The van der Waals surface area contributed by atoms with Gasteiger partial charge in [0.05, 0.1) is 0 Å². The molecule has 2 aromatic rings. The Balaban J connectivity index is 2.19. The summed E-state index contributed by atoms with van der Waals surface area (Å²) < 4.78 is 6.83. The number of hydrogen-bond acceptors (Lipinski definition) is 1. The summed E-state index contributed by atoms with van der Waals surface area (Å²) in [5, 5.41) is 0.872. The van der Waals surface area contributed by atoms with Gasteiger partial charge in [-0.25, -0.2) is 0 Å². The van der Waals surface area contributed by atoms with Crippen molar-refractivity contribution >= 4 is 31.9 Å². The third-order valence-electron chi connectivity index (χ3n) is 2.51. The Hall–Kier alpha value is -0.800. The molecule has 0 atom stereocenters. The Kier molecular flexibility index (Phi) is 4.24. The lowest BCUT2D eigenvalue weighted by Gasteiger charge is -2.08. The first-order valence-electron chi connectivity index (χ1n) is 5.28. The maximum absolute atomic E-state index is 5.78. The van der Waals surface area contributed by atoms with E-state index in [0.717, 1.165) is 21.3 Å². The van der Waals surface area contributed by atoms with Crippen LogP contribution in [0, 0.1) is 6.92 Å². The van der Waals surface area contributed by atoms with Crippen molar-refractivity contribution in [3.63, 3.8) is 0 Å². The zero-order valence-corrected chi connectivity index (χ0v) is 12.6. The molecule has 0 heterocycles. The summed E-state index contributed by atoms with van der Waals surface area (Å²) in [6, 6.07) is 13.9. The van der Waals surface area contributed by atoms with Crippen LogP contribution in [-0.2, 0) is 5.33 Å². The number of rotatable bonds is 3. The molecular formula is C14H12Br2O. The van der Waals surface area contributed by atoms with Crippen molar-refractivity contribution in [3.8, 4) is 11.5 Å². The largest absolute Gasteiger partial charge is 0.457 e. The Labute approximate surface area is 118 Å². The van der Waals surface area contributed by atoms with Gasteiger partial charge >= 0.3 is 0 Å². The Morgan fingerprint density at radius 2 is 1.65 bits per heavy atom. The molecule has 0 saturated carbocycles. The van der Waals surface area contributed by atoms with E-state index in [-0.39, 0.29) is 0 Å². The topological polar surface area (TPSA) is 9.23 Å². The summed E-state index contributed by atoms with van der Waals surface area (Å²) in [5.74, 6) is 1.72. The molecule has 0 N–H and O–H groups in total. The van der Waals surface area contributed by atoms with E-state index in [1.807, 2.05) is 30.3 Å². The molecule has 0 radical (unpaired) electrons. The van der Waals surface area contributed by atoms with Crippen LogP contribution < -0.4 is 4.74 Å². The predicted octanol–water partition coefficient (Wildman–Crippen LogP) is 5.44. The number of benzene rings is 2. The minimum absolute atomic E-state index is 0.846. The SMILES string of the molecule is Cc1cc(Oc2ccc(Br)cc2)ccc1CBr. The Bertz CT molecular complexity index is 506. The highest BCUT2D eigenvalue weighted by Crippen LogP contribution is 2.25. The van der Waals surface area contributed by atoms with Crippen molar-refractivity contribution in [2.45, 2.75) is 12.3 Å². The van der Waals surface area contributed by atoms with Gasteiger partial charge < -0.3 is 4.74 Å². The van der Waals surface area contributed by atoms with Crippen molar-refractivity contribution in [1.29, 1.82) is 0 Å². The van der Waals surface area contributed by atoms with E-state index in [1.165, 1.54) is 11.1 Å². The summed E-state index contributed by atoms with van der Waals surface area (Å²) >= 11 is 6.86. The fourth-order valence-electron chi connectivity index (χ4n) is 1.52. The second-order valence-corrected chi connectivity index (χ2v) is 5.25. The van der Waals surface area contributed by atoms with Gasteiger partial charge in [0.1, 0.15) is 11.5 Å². The standard InChI is InChI=1S/C14H12Br2O/c1-10-8-14(5-2-11(10)9-15)17-13-6-3-12(16)4-7-13/h2-8H,9H2,1H3. The average molecular weight is 356 g/mol. The molecule has 2 rings (SSSR count). The highest BCUT2D eigenvalue weighted by Gasteiger charge is 2.01. The average Bonchev–Trinajstić information content (AvgIpc) is 2.32. The normalized spacial score (nSPS) is 10.3. The number of aryl methyl sites for hydroxylation is 1. The first-order chi connectivity index (χ1) is 8.19. The molecular weight excluding hydrogens is 344 g/mol. The monoisotopic (exact) mass is 354 g/mol. The van der Waals surface area contributed by atoms with Gasteiger partial charge in [0.25, 0.3) is 0 Å². The Morgan fingerprint density at radius 3 is 2.24 bits per heavy atom. The van der Waals surface area contributed by atoms with Crippen LogP contribution in [0.4, 0.5) is 0 Å². The fourth-order valence-corrected chi connectivity index (χ4v) is 2.41. The molecule has 0 aliphatic carbocycles. The smallest absolute Gasteiger partial charge is 0.127 e. The van der Waals surface area contributed by atoms with Crippen molar-refractivity contribution < 1.29 is 4.74 Å². The molecule has 0 aliphatic heterocycles. The lowest BCUT2D eigenvalue weighted by Crippen LogP contribution is -1.88. The molecule has 0 fully saturated rings. The first kappa shape index (κ1) is 12.7. The van der Waals surface area contributed by atoms with Gasteiger partial charge in [-0.2, -0.15) is 0 Å². The van der Waals surface area contributed by atoms with E-state index in [4.69, 9.17) is 4.74 Å². The van der Waals surface area contributed by atoms with Gasteiger partial charge in [-0.3, -0.25) is 0 Å². The highest BCUT2D eigenvalue weighted by molar-refractivity contribution is 9.10. The highest BCUT2D eigenvalue weighted by atomic mass is 79.9. The van der Waals surface area contributed by atoms with Crippen molar-refractivity contribution in [2.24, 2.45) is 0 Å². The van der Waals surface area contributed by atoms with Crippen LogP contribution in [0.5, 0.6) is 11.5 Å². The van der Waals surface area contributed by atoms with E-state index in [1.54, 1.807) is 0 Å². The summed E-state index contributed by atoms with van der Waals surface area (Å²) in [6.45, 7) is 2.09. The van der Waals surface area contributed by atoms with Gasteiger partial charge in [0, 0.05) is 9.80 Å². The van der Waals surface area contributed by atoms with E-state index < -0.39 is 0 Å². The molecule has 0 spiro atoms. The van der Waals surface area contributed by atoms with E-state index in [9.17, 15) is 0 Å². The van der Waals surface area contributed by atoms with Crippen LogP contribution in [-0.4, -0.2) is 0 Å². The molecule has 0 unspecified atom stereocenters. The molecule has 0 amide bonds. The third kappa shape index (κ3) is 3.33. The van der Waals surface area contributed by atoms with Gasteiger partial charge in [-0.05, 0) is 54.4 Å². The predicted molar refractivity (Wildman–Crippen MR) is 78.0 cm³/mol. The molecule has 17 heavy (non-hydrogen) atoms. The molecule has 0 aliphatic rings. The summed E-state index contributed by atoms with van der Waals surface area (Å²) in [7, 11) is 0. The fraction of sp³-hybridized carbons (Fsp3) is 0.143. The molecule has 3 heteroatoms. The summed E-state index contributed by atoms with van der Waals surface area (Å²) in [6.07, 6.45) is 0. The van der Waals surface area contributed by atoms with Gasteiger partial charge in [-0.15, -0.1) is 0 Å². The van der Waals surface area contributed by atoms with Crippen molar-refractivity contribution in [1.82, 2.24) is 0 Å². The van der Waals surface area contributed by atoms with Crippen LogP contribution in [0.25, 0.3) is 0 Å². The summed E-state index contributed by atoms with van der Waals surface area (Å²) in [4.78, 5) is 0.